The van der Waals surface area contributed by atoms with Gasteiger partial charge in [-0.2, -0.15) is 4.37 Å². The minimum Gasteiger partial charge on any atom is -0.383 e. The van der Waals surface area contributed by atoms with Gasteiger partial charge in [0.05, 0.1) is 0 Å². The molecule has 0 bridgehead atoms. The number of rotatable bonds is 6. The number of hydrogen-bond donors (Lipinski definition) is 2. The van der Waals surface area contributed by atoms with Crippen LogP contribution >= 0.6 is 11.5 Å². The van der Waals surface area contributed by atoms with Crippen molar-refractivity contribution >= 4 is 22.4 Å². The molecule has 3 N–H and O–H groups in total. The second-order valence-corrected chi connectivity index (χ2v) is 5.67. The number of aromatic nitrogens is 1. The number of nitrogens with two attached hydrogens (primary N) is 1. The Balaban J connectivity index is 2.34. The fourth-order valence-electron chi connectivity index (χ4n) is 1.61. The maximum absolute atomic E-state index is 5.72. The van der Waals surface area contributed by atoms with E-state index < -0.39 is 0 Å². The molecule has 0 saturated heterocycles. The first-order chi connectivity index (χ1) is 7.50. The van der Waals surface area contributed by atoms with Gasteiger partial charge < -0.3 is 11.1 Å². The van der Waals surface area contributed by atoms with Crippen molar-refractivity contribution in [2.45, 2.75) is 53.0 Å². The van der Waals surface area contributed by atoms with Crippen molar-refractivity contribution in [1.82, 2.24) is 4.37 Å². The maximum Gasteiger partial charge on any atom is 0.142 e. The molecule has 0 saturated carbocycles. The minimum absolute atomic E-state index is 0.497. The van der Waals surface area contributed by atoms with Crippen LogP contribution in [0.2, 0.25) is 0 Å². The molecule has 0 fully saturated rings. The summed E-state index contributed by atoms with van der Waals surface area (Å²) in [6.07, 6.45) is 3.78. The highest BCUT2D eigenvalue weighted by atomic mass is 32.1. The van der Waals surface area contributed by atoms with Gasteiger partial charge in [-0.3, -0.25) is 0 Å². The SMILES string of the molecule is Cc1c(N)nsc1NC(C)CCCC(C)C. The van der Waals surface area contributed by atoms with Gasteiger partial charge in [-0.05, 0) is 37.7 Å². The third-order valence-electron chi connectivity index (χ3n) is 2.76. The molecular weight excluding hydrogens is 218 g/mol. The molecule has 1 aromatic rings. The molecule has 0 aromatic carbocycles. The highest BCUT2D eigenvalue weighted by molar-refractivity contribution is 7.10. The first-order valence-electron chi connectivity index (χ1n) is 5.99. The standard InChI is InChI=1S/C12H23N3S/c1-8(2)6-5-7-9(3)14-12-10(4)11(13)15-16-12/h8-9,14H,5-7H2,1-4H3,(H2,13,15). The van der Waals surface area contributed by atoms with Crippen LogP contribution in [-0.4, -0.2) is 10.4 Å². The number of nitrogens with one attached hydrogen (secondary N) is 1. The molecule has 92 valence electrons. The van der Waals surface area contributed by atoms with Crippen LogP contribution in [0.1, 0.15) is 45.6 Å². The Morgan fingerprint density at radius 2 is 2.00 bits per heavy atom. The summed E-state index contributed by atoms with van der Waals surface area (Å²) in [6.45, 7) is 8.77. The van der Waals surface area contributed by atoms with Crippen LogP contribution in [0.15, 0.2) is 0 Å². The highest BCUT2D eigenvalue weighted by Crippen LogP contribution is 2.26. The zero-order valence-electron chi connectivity index (χ0n) is 10.7. The van der Waals surface area contributed by atoms with Crippen LogP contribution < -0.4 is 11.1 Å². The minimum atomic E-state index is 0.497. The summed E-state index contributed by atoms with van der Waals surface area (Å²) in [5.41, 5.74) is 6.80. The van der Waals surface area contributed by atoms with Crippen molar-refractivity contribution in [1.29, 1.82) is 0 Å². The van der Waals surface area contributed by atoms with Gasteiger partial charge in [0.15, 0.2) is 0 Å². The molecule has 0 aliphatic heterocycles. The van der Waals surface area contributed by atoms with Gasteiger partial charge in [0.25, 0.3) is 0 Å². The summed E-state index contributed by atoms with van der Waals surface area (Å²) < 4.78 is 4.13. The Morgan fingerprint density at radius 3 is 2.50 bits per heavy atom. The predicted molar refractivity (Wildman–Crippen MR) is 73.0 cm³/mol. The van der Waals surface area contributed by atoms with Gasteiger partial charge in [-0.1, -0.05) is 26.7 Å². The van der Waals surface area contributed by atoms with Crippen LogP contribution in [0.25, 0.3) is 0 Å². The number of anilines is 2. The van der Waals surface area contributed by atoms with Crippen LogP contribution in [0.3, 0.4) is 0 Å². The largest absolute Gasteiger partial charge is 0.383 e. The lowest BCUT2D eigenvalue weighted by atomic mass is 10.0. The highest BCUT2D eigenvalue weighted by Gasteiger charge is 2.09. The quantitative estimate of drug-likeness (QED) is 0.799. The van der Waals surface area contributed by atoms with E-state index in [2.05, 4.69) is 30.5 Å². The lowest BCUT2D eigenvalue weighted by molar-refractivity contribution is 0.520. The molecule has 16 heavy (non-hydrogen) atoms. The Morgan fingerprint density at radius 1 is 1.31 bits per heavy atom. The summed E-state index contributed by atoms with van der Waals surface area (Å²) in [4.78, 5) is 0. The van der Waals surface area contributed by atoms with Crippen LogP contribution in [0.4, 0.5) is 10.8 Å². The van der Waals surface area contributed by atoms with E-state index in [0.717, 1.165) is 16.5 Å². The molecule has 4 heteroatoms. The molecule has 0 spiro atoms. The third-order valence-corrected chi connectivity index (χ3v) is 3.65. The van der Waals surface area contributed by atoms with E-state index in [1.807, 2.05) is 6.92 Å². The van der Waals surface area contributed by atoms with E-state index in [1.54, 1.807) is 0 Å². The van der Waals surface area contributed by atoms with Crippen molar-refractivity contribution < 1.29 is 0 Å². The van der Waals surface area contributed by atoms with Crippen molar-refractivity contribution in [2.24, 2.45) is 5.92 Å². The van der Waals surface area contributed by atoms with Gasteiger partial charge in [0, 0.05) is 11.6 Å². The van der Waals surface area contributed by atoms with E-state index in [9.17, 15) is 0 Å². The Hall–Kier alpha value is -0.770. The predicted octanol–water partition coefficient (Wildman–Crippen LogP) is 3.66. The van der Waals surface area contributed by atoms with Crippen molar-refractivity contribution in [3.8, 4) is 0 Å². The summed E-state index contributed by atoms with van der Waals surface area (Å²) in [7, 11) is 0. The second kappa shape index (κ2) is 6.09. The molecular formula is C12H23N3S. The van der Waals surface area contributed by atoms with Gasteiger partial charge >= 0.3 is 0 Å². The van der Waals surface area contributed by atoms with Gasteiger partial charge in [0.2, 0.25) is 0 Å². The molecule has 0 aliphatic carbocycles. The number of hydrogen-bond acceptors (Lipinski definition) is 4. The van der Waals surface area contributed by atoms with E-state index in [1.165, 1.54) is 30.8 Å². The van der Waals surface area contributed by atoms with Gasteiger partial charge in [0.1, 0.15) is 10.8 Å². The van der Waals surface area contributed by atoms with Crippen molar-refractivity contribution in [3.63, 3.8) is 0 Å². The first kappa shape index (κ1) is 13.3. The lowest BCUT2D eigenvalue weighted by Gasteiger charge is -2.14. The zero-order chi connectivity index (χ0) is 12.1. The number of nitrogen functional groups attached to an aromatic ring is 1. The van der Waals surface area contributed by atoms with E-state index >= 15 is 0 Å². The first-order valence-corrected chi connectivity index (χ1v) is 6.76. The van der Waals surface area contributed by atoms with Gasteiger partial charge in [-0.25, -0.2) is 0 Å². The number of nitrogens with zero attached hydrogens (tertiary/aromatic N) is 1. The molecule has 0 amide bonds. The van der Waals surface area contributed by atoms with Crippen LogP contribution in [0.5, 0.6) is 0 Å². The summed E-state index contributed by atoms with van der Waals surface area (Å²) in [6, 6.07) is 0.497. The monoisotopic (exact) mass is 241 g/mol. The van der Waals surface area contributed by atoms with E-state index in [-0.39, 0.29) is 0 Å². The topological polar surface area (TPSA) is 50.9 Å². The normalized spacial score (nSPS) is 13.1. The van der Waals surface area contributed by atoms with Crippen molar-refractivity contribution in [3.05, 3.63) is 5.56 Å². The molecule has 0 aliphatic rings. The average Bonchev–Trinajstić information content (AvgIpc) is 2.49. The second-order valence-electron chi connectivity index (χ2n) is 4.89. The smallest absolute Gasteiger partial charge is 0.142 e. The Bertz CT molecular complexity index is 320. The fraction of sp³-hybridized carbons (Fsp3) is 0.750. The lowest BCUT2D eigenvalue weighted by Crippen LogP contribution is -2.14. The van der Waals surface area contributed by atoms with Crippen molar-refractivity contribution in [2.75, 3.05) is 11.1 Å². The molecule has 3 nitrogen and oxygen atoms in total. The van der Waals surface area contributed by atoms with Crippen LogP contribution in [0, 0.1) is 12.8 Å². The van der Waals surface area contributed by atoms with E-state index in [4.69, 9.17) is 5.73 Å². The Kier molecular flexibility index (Phi) is 5.06. The molecule has 1 unspecified atom stereocenters. The summed E-state index contributed by atoms with van der Waals surface area (Å²) in [5.74, 6) is 1.45. The molecule has 1 atom stereocenters. The fourth-order valence-corrected chi connectivity index (χ4v) is 2.43. The molecule has 0 radical (unpaired) electrons. The molecule has 1 rings (SSSR count). The zero-order valence-corrected chi connectivity index (χ0v) is 11.5. The average molecular weight is 241 g/mol. The summed E-state index contributed by atoms with van der Waals surface area (Å²) >= 11 is 1.46. The molecule has 1 aromatic heterocycles. The molecule has 1 heterocycles. The van der Waals surface area contributed by atoms with Crippen LogP contribution in [-0.2, 0) is 0 Å². The Labute approximate surface area is 103 Å². The third kappa shape index (κ3) is 4.00. The van der Waals surface area contributed by atoms with E-state index in [0.29, 0.717) is 11.9 Å². The van der Waals surface area contributed by atoms with Gasteiger partial charge in [-0.15, -0.1) is 0 Å². The summed E-state index contributed by atoms with van der Waals surface area (Å²) in [5, 5.41) is 4.60. The maximum atomic E-state index is 5.72.